The highest BCUT2D eigenvalue weighted by Gasteiger charge is 2.07. The number of hydrogen-bond donors (Lipinski definition) is 0. The second-order valence-electron chi connectivity index (χ2n) is 7.57. The molecule has 0 saturated carbocycles. The molecule has 6 aromatic carbocycles. The van der Waals surface area contributed by atoms with Crippen LogP contribution < -0.4 is 0 Å². The molecule has 0 heterocycles. The quantitative estimate of drug-likeness (QED) is 0.164. The third kappa shape index (κ3) is 2.30. The Bertz CT molecular complexity index is 1540. The monoisotopic (exact) mass is 369 g/mol. The third-order valence-electron chi connectivity index (χ3n) is 5.94. The van der Waals surface area contributed by atoms with Crippen molar-refractivity contribution in [2.75, 3.05) is 0 Å². The molecule has 0 saturated heterocycles. The van der Waals surface area contributed by atoms with E-state index >= 15 is 0 Å². The molecule has 0 amide bonds. The summed E-state index contributed by atoms with van der Waals surface area (Å²) in [6.45, 7) is 0. The zero-order valence-corrected chi connectivity index (χ0v) is 16.4. The molecule has 0 aromatic heterocycles. The lowest BCUT2D eigenvalue weighted by Crippen LogP contribution is -1.87. The van der Waals surface area contributed by atoms with Gasteiger partial charge in [-0.25, -0.2) is 0 Å². The summed E-state index contributed by atoms with van der Waals surface area (Å²) in [5, 5.41) is 13.1. The molecule has 0 bridgehead atoms. The fraction of sp³-hybridized carbons (Fsp3) is 0.0370. The molecule has 0 N–H and O–H groups in total. The minimum Gasteiger partial charge on any atom is -0.0616 e. The van der Waals surface area contributed by atoms with Crippen LogP contribution in [0, 0.1) is 0 Å². The molecule has 0 nitrogen and oxygen atoms in total. The molecular weight excluding hydrogens is 352 g/mol. The molecule has 6 aromatic rings. The summed E-state index contributed by atoms with van der Waals surface area (Å²) >= 11 is 0. The summed E-state index contributed by atoms with van der Waals surface area (Å²) in [5.74, 6) is 0. The van der Waals surface area contributed by atoms with Crippen molar-refractivity contribution in [2.45, 2.75) is 6.04 Å². The maximum absolute atomic E-state index is 3.70. The van der Waals surface area contributed by atoms with Gasteiger partial charge in [0.25, 0.3) is 0 Å². The maximum Gasteiger partial charge on any atom is 0.0284 e. The molecule has 3 radical (unpaired) electrons. The van der Waals surface area contributed by atoms with Crippen molar-refractivity contribution in [3.05, 3.63) is 96.6 Å². The lowest BCUT2D eigenvalue weighted by atomic mass is 9.94. The van der Waals surface area contributed by atoms with Crippen LogP contribution in [0.2, 0.25) is 0 Å². The summed E-state index contributed by atoms with van der Waals surface area (Å²) in [6, 6.07) is 34.5. The van der Waals surface area contributed by atoms with Crippen molar-refractivity contribution in [1.82, 2.24) is 0 Å². The first kappa shape index (κ1) is 15.9. The normalized spacial score (nSPS) is 11.9. The fourth-order valence-corrected chi connectivity index (χ4v) is 4.80. The standard InChI is InChI=1S/C27H17Si/c28-16-22-7-3-6-19-12-20-8-9-21-13-23-10-17-4-1-2-5-18(17)11-24(23)14-26(21)27(20)15-25(19)22/h1-15H,16H2. The van der Waals surface area contributed by atoms with Gasteiger partial charge < -0.3 is 0 Å². The van der Waals surface area contributed by atoms with Crippen molar-refractivity contribution in [1.29, 1.82) is 0 Å². The average Bonchev–Trinajstić information content (AvgIpc) is 2.74. The third-order valence-corrected chi connectivity index (χ3v) is 6.32. The van der Waals surface area contributed by atoms with E-state index < -0.39 is 0 Å². The van der Waals surface area contributed by atoms with Gasteiger partial charge in [-0.1, -0.05) is 54.6 Å². The summed E-state index contributed by atoms with van der Waals surface area (Å²) in [4.78, 5) is 0. The van der Waals surface area contributed by atoms with E-state index in [0.29, 0.717) is 0 Å². The minimum atomic E-state index is 0.864. The Balaban J connectivity index is 1.76. The molecule has 0 aliphatic heterocycles. The van der Waals surface area contributed by atoms with Gasteiger partial charge in [0.05, 0.1) is 0 Å². The summed E-state index contributed by atoms with van der Waals surface area (Å²) < 4.78 is 0. The molecule has 129 valence electrons. The van der Waals surface area contributed by atoms with E-state index in [1.807, 2.05) is 0 Å². The smallest absolute Gasteiger partial charge is 0.0284 e. The zero-order valence-electron chi connectivity index (χ0n) is 15.4. The van der Waals surface area contributed by atoms with Crippen molar-refractivity contribution in [2.24, 2.45) is 0 Å². The first-order valence-corrected chi connectivity index (χ1v) is 10.4. The topological polar surface area (TPSA) is 0 Å². The Morgan fingerprint density at radius 2 is 0.964 bits per heavy atom. The highest BCUT2D eigenvalue weighted by atomic mass is 28.1. The number of rotatable bonds is 1. The van der Waals surface area contributed by atoms with Gasteiger partial charge in [0.2, 0.25) is 0 Å². The predicted octanol–water partition coefficient (Wildman–Crippen LogP) is 7.12. The SMILES string of the molecule is [Si]Cc1cccc2cc3ccc4cc5cc6ccccc6cc5cc4c3cc12. The minimum absolute atomic E-state index is 0.864. The van der Waals surface area contributed by atoms with Crippen LogP contribution in [0.3, 0.4) is 0 Å². The second-order valence-corrected chi connectivity index (χ2v) is 7.93. The fourth-order valence-electron chi connectivity index (χ4n) is 4.49. The van der Waals surface area contributed by atoms with E-state index in [-0.39, 0.29) is 0 Å². The molecule has 0 aliphatic rings. The summed E-state index contributed by atoms with van der Waals surface area (Å²) in [7, 11) is 3.70. The number of hydrogen-bond acceptors (Lipinski definition) is 0. The van der Waals surface area contributed by atoms with E-state index in [2.05, 4.69) is 101 Å². The van der Waals surface area contributed by atoms with E-state index in [1.165, 1.54) is 59.4 Å². The molecular formula is C27H17Si. The molecule has 0 spiro atoms. The van der Waals surface area contributed by atoms with E-state index in [1.54, 1.807) is 0 Å². The van der Waals surface area contributed by atoms with Gasteiger partial charge in [-0.15, -0.1) is 0 Å². The Morgan fingerprint density at radius 3 is 1.68 bits per heavy atom. The highest BCUT2D eigenvalue weighted by Crippen LogP contribution is 2.34. The number of benzene rings is 6. The van der Waals surface area contributed by atoms with Gasteiger partial charge in [-0.2, -0.15) is 0 Å². The largest absolute Gasteiger partial charge is 0.0616 e. The molecule has 0 fully saturated rings. The summed E-state index contributed by atoms with van der Waals surface area (Å²) in [5.41, 5.74) is 1.33. The van der Waals surface area contributed by atoms with Gasteiger partial charge in [0.1, 0.15) is 0 Å². The van der Waals surface area contributed by atoms with Gasteiger partial charge >= 0.3 is 0 Å². The molecule has 0 aliphatic carbocycles. The van der Waals surface area contributed by atoms with E-state index in [0.717, 1.165) is 6.04 Å². The molecule has 6 rings (SSSR count). The Morgan fingerprint density at radius 1 is 0.429 bits per heavy atom. The maximum atomic E-state index is 3.70. The van der Waals surface area contributed by atoms with Crippen LogP contribution in [0.25, 0.3) is 53.9 Å². The van der Waals surface area contributed by atoms with Crippen molar-refractivity contribution >= 4 is 64.1 Å². The Kier molecular flexibility index (Phi) is 3.35. The van der Waals surface area contributed by atoms with Gasteiger partial charge in [0, 0.05) is 10.2 Å². The molecule has 28 heavy (non-hydrogen) atoms. The Hall–Kier alpha value is -3.16. The molecule has 0 unspecified atom stereocenters. The van der Waals surface area contributed by atoms with Crippen LogP contribution in [0.4, 0.5) is 0 Å². The van der Waals surface area contributed by atoms with Crippen LogP contribution >= 0.6 is 0 Å². The van der Waals surface area contributed by atoms with Crippen LogP contribution in [-0.2, 0) is 6.04 Å². The van der Waals surface area contributed by atoms with Crippen molar-refractivity contribution in [3.8, 4) is 0 Å². The zero-order chi connectivity index (χ0) is 18.7. The Labute approximate surface area is 166 Å². The average molecular weight is 370 g/mol. The van der Waals surface area contributed by atoms with Crippen molar-refractivity contribution in [3.63, 3.8) is 0 Å². The van der Waals surface area contributed by atoms with Gasteiger partial charge in [-0.3, -0.25) is 0 Å². The van der Waals surface area contributed by atoms with Crippen molar-refractivity contribution < 1.29 is 0 Å². The highest BCUT2D eigenvalue weighted by molar-refractivity contribution is 6.17. The van der Waals surface area contributed by atoms with Crippen LogP contribution in [-0.4, -0.2) is 10.2 Å². The van der Waals surface area contributed by atoms with Crippen LogP contribution in [0.5, 0.6) is 0 Å². The molecule has 1 heteroatoms. The van der Waals surface area contributed by atoms with Crippen LogP contribution in [0.1, 0.15) is 5.56 Å². The van der Waals surface area contributed by atoms with E-state index in [9.17, 15) is 0 Å². The second kappa shape index (κ2) is 5.92. The first-order valence-electron chi connectivity index (χ1n) is 9.65. The molecule has 0 atom stereocenters. The van der Waals surface area contributed by atoms with Gasteiger partial charge in [-0.05, 0) is 102 Å². The number of fused-ring (bicyclic) bond motifs is 6. The lowest BCUT2D eigenvalue weighted by molar-refractivity contribution is 1.45. The van der Waals surface area contributed by atoms with E-state index in [4.69, 9.17) is 0 Å². The first-order chi connectivity index (χ1) is 13.8. The lowest BCUT2D eigenvalue weighted by Gasteiger charge is -2.11. The van der Waals surface area contributed by atoms with Crippen LogP contribution in [0.15, 0.2) is 91.0 Å². The van der Waals surface area contributed by atoms with Gasteiger partial charge in [0.15, 0.2) is 0 Å². The predicted molar refractivity (Wildman–Crippen MR) is 123 cm³/mol. The summed E-state index contributed by atoms with van der Waals surface area (Å²) in [6.07, 6.45) is 0.